The van der Waals surface area contributed by atoms with Crippen LogP contribution in [-0.4, -0.2) is 224 Å². The third-order valence-electron chi connectivity index (χ3n) is 11.5. The summed E-state index contributed by atoms with van der Waals surface area (Å²) >= 11 is 0. The molecule has 4 fully saturated rings. The Hall–Kier alpha value is -4.11. The standard InChI is InChI=1S/C39H50O26/c1-10-21(45)26(50)31(55)37(58-10)59-12-5-15(44)20-16(6-12)60-33(11-2-3-13(42)14(43)4-11)34(25(20)49)64-39-35(65-38-32(56)28(52)23(47)18(8-41)62-38)29(53)24(48)19(63-39)9-57-36-30(54)27(51)22(46)17(7-40)61-36/h2-6,10,17-19,21-24,26-32,35-48,50-56H,7-9H2,1H3/t10-,17+,18+,19+,21-,22+,23+,24+,26+,27-,28-,29-,30+,31+,32+,35+,36+,37-,38-,39-/m0/s1. The zero-order valence-corrected chi connectivity index (χ0v) is 33.8. The summed E-state index contributed by atoms with van der Waals surface area (Å²) in [6.45, 7) is -1.20. The number of hydrogen-bond donors (Lipinski definition) is 16. The summed E-state index contributed by atoms with van der Waals surface area (Å²) in [7, 11) is 0. The molecular weight excluding hydrogens is 884 g/mol. The first kappa shape index (κ1) is 48.8. The van der Waals surface area contributed by atoms with Crippen LogP contribution in [0.5, 0.6) is 28.7 Å². The third kappa shape index (κ3) is 9.43. The molecule has 16 N–H and O–H groups in total. The Kier molecular flexibility index (Phi) is 14.7. The lowest BCUT2D eigenvalue weighted by atomic mass is 9.97. The molecule has 0 bridgehead atoms. The van der Waals surface area contributed by atoms with Gasteiger partial charge in [0.2, 0.25) is 23.8 Å². The molecular formula is C39H50O26. The van der Waals surface area contributed by atoms with Gasteiger partial charge in [0.05, 0.1) is 25.9 Å². The van der Waals surface area contributed by atoms with Gasteiger partial charge in [-0.3, -0.25) is 4.79 Å². The van der Waals surface area contributed by atoms with Crippen molar-refractivity contribution in [1.29, 1.82) is 0 Å². The topological polar surface area (TPSA) is 428 Å². The Labute approximate surface area is 364 Å². The summed E-state index contributed by atoms with van der Waals surface area (Å²) in [6.07, 6.45) is -36.3. The Morgan fingerprint density at radius 1 is 0.554 bits per heavy atom. The van der Waals surface area contributed by atoms with Crippen LogP contribution in [0.1, 0.15) is 6.92 Å². The molecule has 0 radical (unpaired) electrons. The van der Waals surface area contributed by atoms with Gasteiger partial charge in [-0.2, -0.15) is 0 Å². The minimum Gasteiger partial charge on any atom is -0.507 e. The zero-order valence-electron chi connectivity index (χ0n) is 33.8. The number of phenols is 3. The fraction of sp³-hybridized carbons (Fsp3) is 0.615. The van der Waals surface area contributed by atoms with Crippen LogP contribution in [0.2, 0.25) is 0 Å². The number of phenolic OH excluding ortho intramolecular Hbond substituents is 3. The van der Waals surface area contributed by atoms with E-state index in [4.69, 9.17) is 42.3 Å². The number of fused-ring (bicyclic) bond motifs is 1. The molecule has 7 rings (SSSR count). The van der Waals surface area contributed by atoms with E-state index in [0.717, 1.165) is 30.3 Å². The first-order valence-corrected chi connectivity index (χ1v) is 20.0. The lowest BCUT2D eigenvalue weighted by molar-refractivity contribution is -0.363. The second-order valence-corrected chi connectivity index (χ2v) is 15.9. The maximum Gasteiger partial charge on any atom is 0.239 e. The number of rotatable bonds is 12. The molecule has 26 heteroatoms. The average Bonchev–Trinajstić information content (AvgIpc) is 3.27. The van der Waals surface area contributed by atoms with Crippen LogP contribution in [0.15, 0.2) is 39.5 Å². The summed E-state index contributed by atoms with van der Waals surface area (Å²) in [4.78, 5) is 14.5. The number of benzene rings is 2. The number of hydrogen-bond acceptors (Lipinski definition) is 26. The lowest BCUT2D eigenvalue weighted by Gasteiger charge is -2.46. The summed E-state index contributed by atoms with van der Waals surface area (Å²) < 4.78 is 51.3. The van der Waals surface area contributed by atoms with Crippen LogP contribution >= 0.6 is 0 Å². The van der Waals surface area contributed by atoms with Gasteiger partial charge >= 0.3 is 0 Å². The van der Waals surface area contributed by atoms with Crippen LogP contribution < -0.4 is 14.9 Å². The van der Waals surface area contributed by atoms with Crippen molar-refractivity contribution in [2.45, 2.75) is 130 Å². The van der Waals surface area contributed by atoms with Crippen molar-refractivity contribution in [2.75, 3.05) is 19.8 Å². The molecule has 3 aromatic rings. The van der Waals surface area contributed by atoms with Gasteiger partial charge in [-0.05, 0) is 25.1 Å². The largest absolute Gasteiger partial charge is 0.507 e. The van der Waals surface area contributed by atoms with E-state index in [2.05, 4.69) is 0 Å². The first-order chi connectivity index (χ1) is 30.7. The molecule has 1 aromatic heterocycles. The number of aromatic hydroxyl groups is 3. The predicted molar refractivity (Wildman–Crippen MR) is 206 cm³/mol. The average molecular weight is 935 g/mol. The Balaban J connectivity index is 1.28. The molecule has 2 aromatic carbocycles. The van der Waals surface area contributed by atoms with Crippen molar-refractivity contribution in [3.8, 4) is 40.1 Å². The summed E-state index contributed by atoms with van der Waals surface area (Å²) in [6, 6.07) is 5.00. The summed E-state index contributed by atoms with van der Waals surface area (Å²) in [5, 5.41) is 167. The highest BCUT2D eigenvalue weighted by molar-refractivity contribution is 5.88. The van der Waals surface area contributed by atoms with Gasteiger partial charge in [-0.1, -0.05) is 0 Å². The minimum absolute atomic E-state index is 0.206. The Morgan fingerprint density at radius 2 is 1.12 bits per heavy atom. The molecule has 65 heavy (non-hydrogen) atoms. The van der Waals surface area contributed by atoms with Crippen molar-refractivity contribution in [3.63, 3.8) is 0 Å². The maximum absolute atomic E-state index is 14.5. The second-order valence-electron chi connectivity index (χ2n) is 15.9. The smallest absolute Gasteiger partial charge is 0.239 e. The van der Waals surface area contributed by atoms with E-state index in [9.17, 15) is 86.5 Å². The number of aliphatic hydroxyl groups excluding tert-OH is 13. The molecule has 0 aliphatic carbocycles. The quantitative estimate of drug-likeness (QED) is 0.0751. The molecule has 4 aliphatic rings. The number of ether oxygens (including phenoxy) is 8. The van der Waals surface area contributed by atoms with E-state index in [-0.39, 0.29) is 11.3 Å². The highest BCUT2D eigenvalue weighted by atomic mass is 16.8. The van der Waals surface area contributed by atoms with Crippen molar-refractivity contribution in [3.05, 3.63) is 40.6 Å². The van der Waals surface area contributed by atoms with E-state index in [1.54, 1.807) is 0 Å². The summed E-state index contributed by atoms with van der Waals surface area (Å²) in [5.41, 5.74) is -1.88. The van der Waals surface area contributed by atoms with Crippen molar-refractivity contribution in [1.82, 2.24) is 0 Å². The van der Waals surface area contributed by atoms with E-state index in [0.29, 0.717) is 0 Å². The van der Waals surface area contributed by atoms with E-state index in [1.807, 2.05) is 0 Å². The third-order valence-corrected chi connectivity index (χ3v) is 11.5. The molecule has 20 atom stereocenters. The molecule has 5 heterocycles. The predicted octanol–water partition coefficient (Wildman–Crippen LogP) is -6.39. The second kappa shape index (κ2) is 19.6. The lowest BCUT2D eigenvalue weighted by Crippen LogP contribution is -2.65. The van der Waals surface area contributed by atoms with E-state index in [1.165, 1.54) is 6.92 Å². The molecule has 26 nitrogen and oxygen atoms in total. The minimum atomic E-state index is -2.20. The highest BCUT2D eigenvalue weighted by Gasteiger charge is 2.53. The van der Waals surface area contributed by atoms with E-state index >= 15 is 0 Å². The maximum atomic E-state index is 14.5. The van der Waals surface area contributed by atoms with Crippen LogP contribution in [-0.2, 0) is 28.4 Å². The summed E-state index contributed by atoms with van der Waals surface area (Å²) in [5.74, 6) is -4.02. The van der Waals surface area contributed by atoms with Crippen LogP contribution in [0.4, 0.5) is 0 Å². The fourth-order valence-corrected chi connectivity index (χ4v) is 7.66. The molecule has 4 aliphatic heterocycles. The van der Waals surface area contributed by atoms with Crippen molar-refractivity contribution >= 4 is 11.0 Å². The Bertz CT molecular complexity index is 2170. The Morgan fingerprint density at radius 3 is 1.75 bits per heavy atom. The molecule has 0 amide bonds. The van der Waals surface area contributed by atoms with Gasteiger partial charge < -0.3 is 124 Å². The molecule has 4 saturated heterocycles. The van der Waals surface area contributed by atoms with Crippen molar-refractivity contribution < 1.29 is 124 Å². The van der Waals surface area contributed by atoms with Gasteiger partial charge in [0.25, 0.3) is 0 Å². The van der Waals surface area contributed by atoms with Crippen LogP contribution in [0, 0.1) is 0 Å². The first-order valence-electron chi connectivity index (χ1n) is 20.0. The van der Waals surface area contributed by atoms with Gasteiger partial charge in [-0.25, -0.2) is 0 Å². The highest BCUT2D eigenvalue weighted by Crippen LogP contribution is 2.41. The monoisotopic (exact) mass is 934 g/mol. The van der Waals surface area contributed by atoms with Crippen molar-refractivity contribution in [2.24, 2.45) is 0 Å². The van der Waals surface area contributed by atoms with Gasteiger partial charge in [0.1, 0.15) is 108 Å². The fourth-order valence-electron chi connectivity index (χ4n) is 7.66. The zero-order chi connectivity index (χ0) is 47.3. The normalized spacial score (nSPS) is 40.2. The van der Waals surface area contributed by atoms with Crippen LogP contribution in [0.25, 0.3) is 22.3 Å². The van der Waals surface area contributed by atoms with Crippen LogP contribution in [0.3, 0.4) is 0 Å². The van der Waals surface area contributed by atoms with Gasteiger partial charge in [0, 0.05) is 17.7 Å². The molecule has 0 spiro atoms. The van der Waals surface area contributed by atoms with E-state index < -0.39 is 188 Å². The molecule has 0 saturated carbocycles. The molecule has 362 valence electrons. The molecule has 0 unspecified atom stereocenters. The number of aliphatic hydroxyl groups is 13. The SMILES string of the molecule is C[C@@H]1O[C@@H](Oc2cc(O)c3c(=O)c(O[C@@H]4O[C@H](CO[C@@H]5O[C@H](CO)[C@@H](O)[C@H](O)[C@H]5O)[C@@H](O)[C@H](O)[C@H]4O[C@@H]4O[C@H](CO)[C@@H](O)[C@H](O)[C@H]4O)c(-c4ccc(O)c(O)c4)oc3c2)[C@H](O)[C@H](O)[C@H]1O. The van der Waals surface area contributed by atoms with Gasteiger partial charge in [0.15, 0.2) is 35.9 Å². The van der Waals surface area contributed by atoms with Gasteiger partial charge in [-0.15, -0.1) is 0 Å².